The molecule has 1 N–H and O–H groups in total. The van der Waals surface area contributed by atoms with Crippen LogP contribution in [0.3, 0.4) is 0 Å². The van der Waals surface area contributed by atoms with Gasteiger partial charge in [0.1, 0.15) is 5.69 Å². The van der Waals surface area contributed by atoms with Crippen LogP contribution in [0, 0.1) is 0 Å². The van der Waals surface area contributed by atoms with Crippen molar-refractivity contribution in [3.05, 3.63) is 65.3 Å². The number of hydrogen-bond acceptors (Lipinski definition) is 3. The van der Waals surface area contributed by atoms with Crippen LogP contribution in [0.15, 0.2) is 54.6 Å². The fraction of sp³-hybridized carbons (Fsp3) is 0. The number of carboxylic acids is 1. The first-order valence-corrected chi connectivity index (χ1v) is 6.55. The molecule has 1 heterocycles. The third-order valence-electron chi connectivity index (χ3n) is 3.00. The molecule has 0 aliphatic heterocycles. The summed E-state index contributed by atoms with van der Waals surface area (Å²) in [5, 5.41) is 17.5. The molecule has 0 spiro atoms. The molecule has 0 saturated carbocycles. The minimum Gasteiger partial charge on any atom is -0.476 e. The molecular formula is C15H10ClN3O2. The second-order valence-corrected chi connectivity index (χ2v) is 4.73. The number of hydrogen-bond donors (Lipinski definition) is 1. The summed E-state index contributed by atoms with van der Waals surface area (Å²) >= 11 is 6.19. The normalized spacial score (nSPS) is 10.5. The number of aromatic carboxylic acids is 1. The number of para-hydroxylation sites is 1. The van der Waals surface area contributed by atoms with Gasteiger partial charge in [-0.1, -0.05) is 53.2 Å². The standard InChI is InChI=1S/C15H10ClN3O2/c16-12-9-5-4-8-11(12)14-13(15(20)21)17-18-19(14)10-6-2-1-3-7-10/h1-9H,(H,20,21). The second-order valence-electron chi connectivity index (χ2n) is 4.32. The fourth-order valence-corrected chi connectivity index (χ4v) is 2.30. The molecule has 0 unspecified atom stereocenters. The van der Waals surface area contributed by atoms with E-state index in [1.807, 2.05) is 30.3 Å². The predicted octanol–water partition coefficient (Wildman–Crippen LogP) is 3.29. The molecule has 0 saturated heterocycles. The second kappa shape index (κ2) is 5.38. The summed E-state index contributed by atoms with van der Waals surface area (Å²) in [6.45, 7) is 0. The third-order valence-corrected chi connectivity index (χ3v) is 3.33. The summed E-state index contributed by atoms with van der Waals surface area (Å²) in [5.41, 5.74) is 1.52. The van der Waals surface area contributed by atoms with Gasteiger partial charge in [0.15, 0.2) is 5.69 Å². The summed E-state index contributed by atoms with van der Waals surface area (Å²) in [6.07, 6.45) is 0. The Bertz CT molecular complexity index is 800. The monoisotopic (exact) mass is 299 g/mol. The van der Waals surface area contributed by atoms with E-state index in [4.69, 9.17) is 11.6 Å². The number of rotatable bonds is 3. The van der Waals surface area contributed by atoms with Gasteiger partial charge in [-0.2, -0.15) is 0 Å². The molecule has 6 heteroatoms. The van der Waals surface area contributed by atoms with Crippen molar-refractivity contribution < 1.29 is 9.90 Å². The van der Waals surface area contributed by atoms with Gasteiger partial charge in [0.25, 0.3) is 0 Å². The largest absolute Gasteiger partial charge is 0.476 e. The molecule has 0 amide bonds. The van der Waals surface area contributed by atoms with Crippen molar-refractivity contribution in [3.8, 4) is 16.9 Å². The van der Waals surface area contributed by atoms with E-state index in [1.54, 1.807) is 24.3 Å². The van der Waals surface area contributed by atoms with Crippen molar-refractivity contribution in [2.75, 3.05) is 0 Å². The highest BCUT2D eigenvalue weighted by Gasteiger charge is 2.22. The Morgan fingerprint density at radius 3 is 2.38 bits per heavy atom. The van der Waals surface area contributed by atoms with E-state index in [9.17, 15) is 9.90 Å². The van der Waals surface area contributed by atoms with E-state index < -0.39 is 5.97 Å². The zero-order valence-corrected chi connectivity index (χ0v) is 11.5. The molecule has 21 heavy (non-hydrogen) atoms. The van der Waals surface area contributed by atoms with Gasteiger partial charge in [-0.15, -0.1) is 5.10 Å². The average molecular weight is 300 g/mol. The van der Waals surface area contributed by atoms with Crippen LogP contribution in [0.2, 0.25) is 5.02 Å². The van der Waals surface area contributed by atoms with E-state index >= 15 is 0 Å². The Kier molecular flexibility index (Phi) is 3.41. The van der Waals surface area contributed by atoms with Crippen LogP contribution in [0.4, 0.5) is 0 Å². The summed E-state index contributed by atoms with van der Waals surface area (Å²) in [7, 11) is 0. The van der Waals surface area contributed by atoms with Crippen LogP contribution in [-0.2, 0) is 0 Å². The molecule has 2 aromatic carbocycles. The summed E-state index contributed by atoms with van der Waals surface area (Å²) in [5.74, 6) is -1.15. The maximum atomic E-state index is 11.4. The van der Waals surface area contributed by atoms with E-state index in [0.29, 0.717) is 22.0 Å². The maximum absolute atomic E-state index is 11.4. The van der Waals surface area contributed by atoms with Gasteiger partial charge in [0, 0.05) is 5.56 Å². The molecule has 104 valence electrons. The molecule has 0 atom stereocenters. The van der Waals surface area contributed by atoms with E-state index in [-0.39, 0.29) is 5.69 Å². The quantitative estimate of drug-likeness (QED) is 0.806. The van der Waals surface area contributed by atoms with Crippen LogP contribution in [0.1, 0.15) is 10.5 Å². The Labute approximate surface area is 125 Å². The van der Waals surface area contributed by atoms with E-state index in [2.05, 4.69) is 10.3 Å². The lowest BCUT2D eigenvalue weighted by atomic mass is 10.1. The Balaban J connectivity index is 2.29. The SMILES string of the molecule is O=C(O)c1nnn(-c2ccccc2)c1-c1ccccc1Cl. The zero-order valence-electron chi connectivity index (χ0n) is 10.8. The lowest BCUT2D eigenvalue weighted by molar-refractivity contribution is 0.0691. The number of aromatic nitrogens is 3. The van der Waals surface area contributed by atoms with Crippen LogP contribution >= 0.6 is 11.6 Å². The van der Waals surface area contributed by atoms with Crippen molar-refractivity contribution in [1.82, 2.24) is 15.0 Å². The van der Waals surface area contributed by atoms with Gasteiger partial charge < -0.3 is 5.11 Å². The van der Waals surface area contributed by atoms with Crippen LogP contribution < -0.4 is 0 Å². The highest BCUT2D eigenvalue weighted by molar-refractivity contribution is 6.33. The van der Waals surface area contributed by atoms with Crippen molar-refractivity contribution >= 4 is 17.6 Å². The molecule has 0 aliphatic carbocycles. The van der Waals surface area contributed by atoms with Gasteiger partial charge in [0.2, 0.25) is 0 Å². The van der Waals surface area contributed by atoms with Crippen molar-refractivity contribution in [3.63, 3.8) is 0 Å². The maximum Gasteiger partial charge on any atom is 0.358 e. The predicted molar refractivity (Wildman–Crippen MR) is 78.8 cm³/mol. The summed E-state index contributed by atoms with van der Waals surface area (Å²) in [6, 6.07) is 16.2. The van der Waals surface area contributed by atoms with Crippen molar-refractivity contribution in [1.29, 1.82) is 0 Å². The van der Waals surface area contributed by atoms with Gasteiger partial charge >= 0.3 is 5.97 Å². The highest BCUT2D eigenvalue weighted by Crippen LogP contribution is 2.31. The lowest BCUT2D eigenvalue weighted by Crippen LogP contribution is -2.03. The number of benzene rings is 2. The number of carbonyl (C=O) groups is 1. The minimum absolute atomic E-state index is 0.132. The Hall–Kier alpha value is -2.66. The Morgan fingerprint density at radius 1 is 1.05 bits per heavy atom. The lowest BCUT2D eigenvalue weighted by Gasteiger charge is -2.08. The summed E-state index contributed by atoms with van der Waals surface area (Å²) < 4.78 is 1.48. The molecule has 3 aromatic rings. The highest BCUT2D eigenvalue weighted by atomic mass is 35.5. The molecular weight excluding hydrogens is 290 g/mol. The molecule has 0 bridgehead atoms. The van der Waals surface area contributed by atoms with Gasteiger partial charge in [-0.25, -0.2) is 9.48 Å². The molecule has 1 aromatic heterocycles. The zero-order chi connectivity index (χ0) is 14.8. The third kappa shape index (κ3) is 2.39. The first kappa shape index (κ1) is 13.3. The van der Waals surface area contributed by atoms with Crippen LogP contribution in [-0.4, -0.2) is 26.1 Å². The molecule has 0 aliphatic rings. The molecule has 5 nitrogen and oxygen atoms in total. The number of carboxylic acid groups (broad SMARTS) is 1. The number of halogens is 1. The Morgan fingerprint density at radius 2 is 1.71 bits per heavy atom. The molecule has 3 rings (SSSR count). The van der Waals surface area contributed by atoms with Gasteiger partial charge in [0.05, 0.1) is 10.7 Å². The minimum atomic E-state index is -1.15. The first-order chi connectivity index (χ1) is 10.2. The van der Waals surface area contributed by atoms with E-state index in [0.717, 1.165) is 0 Å². The smallest absolute Gasteiger partial charge is 0.358 e. The average Bonchev–Trinajstić information content (AvgIpc) is 2.93. The van der Waals surface area contributed by atoms with Gasteiger partial charge in [-0.3, -0.25) is 0 Å². The number of nitrogens with zero attached hydrogens (tertiary/aromatic N) is 3. The van der Waals surface area contributed by atoms with Crippen LogP contribution in [0.25, 0.3) is 16.9 Å². The first-order valence-electron chi connectivity index (χ1n) is 6.18. The van der Waals surface area contributed by atoms with E-state index in [1.165, 1.54) is 4.68 Å². The van der Waals surface area contributed by atoms with Crippen molar-refractivity contribution in [2.24, 2.45) is 0 Å². The van der Waals surface area contributed by atoms with Crippen molar-refractivity contribution in [2.45, 2.75) is 0 Å². The molecule has 0 radical (unpaired) electrons. The van der Waals surface area contributed by atoms with Crippen LogP contribution in [0.5, 0.6) is 0 Å². The fourth-order valence-electron chi connectivity index (χ4n) is 2.07. The van der Waals surface area contributed by atoms with Gasteiger partial charge in [-0.05, 0) is 18.2 Å². The topological polar surface area (TPSA) is 68.0 Å². The molecule has 0 fully saturated rings. The summed E-state index contributed by atoms with van der Waals surface area (Å²) in [4.78, 5) is 11.4.